The summed E-state index contributed by atoms with van der Waals surface area (Å²) in [6.45, 7) is 4.42. The fourth-order valence-corrected chi connectivity index (χ4v) is 1.88. The maximum absolute atomic E-state index is 11.8. The highest BCUT2D eigenvalue weighted by molar-refractivity contribution is 5.60. The van der Waals surface area contributed by atoms with Gasteiger partial charge in [0.05, 0.1) is 12.2 Å². The molecule has 0 spiro atoms. The zero-order valence-corrected chi connectivity index (χ0v) is 11.4. The van der Waals surface area contributed by atoms with Crippen LogP contribution in [0.5, 0.6) is 0 Å². The van der Waals surface area contributed by atoms with Crippen LogP contribution in [0.2, 0.25) is 0 Å². The lowest BCUT2D eigenvalue weighted by Crippen LogP contribution is -2.34. The predicted molar refractivity (Wildman–Crippen MR) is 74.6 cm³/mol. The quantitative estimate of drug-likeness (QED) is 0.730. The average molecular weight is 279 g/mol. The molecule has 8 nitrogen and oxygen atoms in total. The highest BCUT2D eigenvalue weighted by Crippen LogP contribution is 2.12. The fraction of sp³-hybridized carbons (Fsp3) is 0.417. The molecule has 0 fully saturated rings. The van der Waals surface area contributed by atoms with Crippen LogP contribution in [0.3, 0.4) is 0 Å². The van der Waals surface area contributed by atoms with Crippen LogP contribution >= 0.6 is 0 Å². The zero-order chi connectivity index (χ0) is 14.7. The minimum atomic E-state index is -0.545. The van der Waals surface area contributed by atoms with Crippen molar-refractivity contribution in [3.63, 3.8) is 0 Å². The number of rotatable bonds is 5. The van der Waals surface area contributed by atoms with Gasteiger partial charge in [0.1, 0.15) is 11.5 Å². The summed E-state index contributed by atoms with van der Waals surface area (Å²) in [6, 6.07) is 1.75. The molecule has 0 atom stereocenters. The number of nitrogens with zero attached hydrogens (tertiary/aromatic N) is 2. The second-order valence-electron chi connectivity index (χ2n) is 4.46. The zero-order valence-electron chi connectivity index (χ0n) is 11.4. The maximum Gasteiger partial charge on any atom is 0.330 e. The summed E-state index contributed by atoms with van der Waals surface area (Å²) in [6.07, 6.45) is 0.733. The van der Waals surface area contributed by atoms with Crippen molar-refractivity contribution in [2.75, 3.05) is 11.1 Å². The Morgan fingerprint density at radius 2 is 2.25 bits per heavy atom. The third-order valence-electron chi connectivity index (χ3n) is 2.80. The summed E-state index contributed by atoms with van der Waals surface area (Å²) in [5.74, 6) is 0.700. The van der Waals surface area contributed by atoms with Gasteiger partial charge in [-0.25, -0.2) is 4.79 Å². The molecule has 0 bridgehead atoms. The van der Waals surface area contributed by atoms with E-state index < -0.39 is 11.2 Å². The van der Waals surface area contributed by atoms with E-state index in [0.29, 0.717) is 12.3 Å². The van der Waals surface area contributed by atoms with E-state index in [4.69, 9.17) is 10.3 Å². The van der Waals surface area contributed by atoms with Crippen molar-refractivity contribution in [1.29, 1.82) is 0 Å². The number of aromatic amines is 1. The molecule has 2 aromatic rings. The number of H-pyrrole nitrogens is 1. The van der Waals surface area contributed by atoms with E-state index in [1.165, 1.54) is 4.57 Å². The molecule has 0 radical (unpaired) electrons. The number of aromatic nitrogens is 3. The minimum Gasteiger partial charge on any atom is -0.383 e. The highest BCUT2D eigenvalue weighted by Gasteiger charge is 2.12. The van der Waals surface area contributed by atoms with Gasteiger partial charge in [-0.05, 0) is 13.3 Å². The maximum atomic E-state index is 11.8. The van der Waals surface area contributed by atoms with Gasteiger partial charge in [-0.1, -0.05) is 12.1 Å². The monoisotopic (exact) mass is 279 g/mol. The molecule has 20 heavy (non-hydrogen) atoms. The van der Waals surface area contributed by atoms with Crippen LogP contribution < -0.4 is 22.3 Å². The summed E-state index contributed by atoms with van der Waals surface area (Å²) in [7, 11) is 0. The molecule has 0 saturated heterocycles. The Balaban J connectivity index is 2.29. The average Bonchev–Trinajstić information content (AvgIpc) is 2.80. The van der Waals surface area contributed by atoms with Gasteiger partial charge in [-0.15, -0.1) is 0 Å². The van der Waals surface area contributed by atoms with Crippen molar-refractivity contribution in [2.45, 2.75) is 33.4 Å². The number of aryl methyl sites for hydroxylation is 1. The van der Waals surface area contributed by atoms with Crippen LogP contribution in [0.4, 0.5) is 11.5 Å². The van der Waals surface area contributed by atoms with Gasteiger partial charge < -0.3 is 15.6 Å². The summed E-state index contributed by atoms with van der Waals surface area (Å²) >= 11 is 0. The number of nitrogens with two attached hydrogens (primary N) is 1. The van der Waals surface area contributed by atoms with E-state index in [-0.39, 0.29) is 18.1 Å². The van der Waals surface area contributed by atoms with E-state index in [1.54, 1.807) is 13.0 Å². The van der Waals surface area contributed by atoms with Crippen LogP contribution in [-0.4, -0.2) is 14.7 Å². The molecule has 0 aromatic carbocycles. The topological polar surface area (TPSA) is 119 Å². The fourth-order valence-electron chi connectivity index (χ4n) is 1.88. The molecular weight excluding hydrogens is 262 g/mol. The lowest BCUT2D eigenvalue weighted by Gasteiger charge is -2.12. The molecule has 2 aromatic heterocycles. The first-order valence-electron chi connectivity index (χ1n) is 6.31. The lowest BCUT2D eigenvalue weighted by atomic mass is 10.3. The Morgan fingerprint density at radius 1 is 1.50 bits per heavy atom. The van der Waals surface area contributed by atoms with Gasteiger partial charge in [0, 0.05) is 12.6 Å². The van der Waals surface area contributed by atoms with Crippen molar-refractivity contribution in [3.8, 4) is 0 Å². The summed E-state index contributed by atoms with van der Waals surface area (Å²) in [5, 5.41) is 6.62. The van der Waals surface area contributed by atoms with Gasteiger partial charge in [-0.2, -0.15) is 0 Å². The molecule has 0 saturated carbocycles. The van der Waals surface area contributed by atoms with Gasteiger partial charge >= 0.3 is 5.69 Å². The Bertz CT molecular complexity index is 713. The smallest absolute Gasteiger partial charge is 0.330 e. The Kier molecular flexibility index (Phi) is 3.92. The molecule has 2 heterocycles. The van der Waals surface area contributed by atoms with Crippen LogP contribution in [-0.2, 0) is 13.1 Å². The minimum absolute atomic E-state index is 0.122. The van der Waals surface area contributed by atoms with E-state index >= 15 is 0 Å². The number of nitrogens with one attached hydrogen (secondary N) is 2. The molecule has 0 unspecified atom stereocenters. The molecular formula is C12H17N5O3. The first-order valence-corrected chi connectivity index (χ1v) is 6.31. The second-order valence-corrected chi connectivity index (χ2v) is 4.46. The first kappa shape index (κ1) is 13.9. The number of hydrogen-bond donors (Lipinski definition) is 3. The molecule has 108 valence electrons. The van der Waals surface area contributed by atoms with E-state index in [2.05, 4.69) is 15.5 Å². The number of hydrogen-bond acceptors (Lipinski definition) is 6. The molecule has 8 heteroatoms. The van der Waals surface area contributed by atoms with E-state index in [1.807, 2.05) is 6.92 Å². The molecule has 0 aliphatic rings. The molecule has 2 rings (SSSR count). The van der Waals surface area contributed by atoms with Crippen LogP contribution in [0.1, 0.15) is 24.8 Å². The summed E-state index contributed by atoms with van der Waals surface area (Å²) < 4.78 is 6.36. The molecule has 0 aliphatic carbocycles. The van der Waals surface area contributed by atoms with Gasteiger partial charge in [0.25, 0.3) is 5.56 Å². The van der Waals surface area contributed by atoms with Crippen molar-refractivity contribution in [1.82, 2.24) is 14.7 Å². The van der Waals surface area contributed by atoms with Gasteiger partial charge in [0.15, 0.2) is 5.76 Å². The normalized spacial score (nSPS) is 10.7. The predicted octanol–water partition coefficient (Wildman–Crippen LogP) is 0.437. The van der Waals surface area contributed by atoms with Crippen LogP contribution in [0.25, 0.3) is 0 Å². The van der Waals surface area contributed by atoms with Crippen molar-refractivity contribution in [2.24, 2.45) is 0 Å². The number of anilines is 2. The summed E-state index contributed by atoms with van der Waals surface area (Å²) in [4.78, 5) is 25.7. The standard InChI is InChI=1S/C12H17N5O3/c1-3-4-17-10(13)9(11(18)15-12(17)19)14-6-8-5-7(2)16-20-8/h5,14H,3-4,6,13H2,1-2H3,(H,15,18,19). The Morgan fingerprint density at radius 3 is 2.85 bits per heavy atom. The Labute approximate surface area is 114 Å². The van der Waals surface area contributed by atoms with E-state index in [9.17, 15) is 9.59 Å². The van der Waals surface area contributed by atoms with Crippen LogP contribution in [0.15, 0.2) is 20.2 Å². The molecule has 0 aliphatic heterocycles. The largest absolute Gasteiger partial charge is 0.383 e. The second kappa shape index (κ2) is 5.64. The lowest BCUT2D eigenvalue weighted by molar-refractivity contribution is 0.384. The molecule has 4 N–H and O–H groups in total. The first-order chi connectivity index (χ1) is 9.52. The van der Waals surface area contributed by atoms with Gasteiger partial charge in [0.2, 0.25) is 0 Å². The van der Waals surface area contributed by atoms with Gasteiger partial charge in [-0.3, -0.25) is 14.3 Å². The van der Waals surface area contributed by atoms with E-state index in [0.717, 1.165) is 12.1 Å². The Hall–Kier alpha value is -2.51. The third kappa shape index (κ3) is 2.73. The van der Waals surface area contributed by atoms with Crippen molar-refractivity contribution in [3.05, 3.63) is 38.4 Å². The van der Waals surface area contributed by atoms with Crippen molar-refractivity contribution < 1.29 is 4.52 Å². The van der Waals surface area contributed by atoms with Crippen molar-refractivity contribution >= 4 is 11.5 Å². The highest BCUT2D eigenvalue weighted by atomic mass is 16.5. The third-order valence-corrected chi connectivity index (χ3v) is 2.80. The SMILES string of the molecule is CCCn1c(N)c(NCc2cc(C)no2)c(=O)[nH]c1=O. The summed E-state index contributed by atoms with van der Waals surface area (Å²) in [5.41, 5.74) is 5.73. The molecule has 0 amide bonds. The number of nitrogen functional groups attached to an aromatic ring is 1. The van der Waals surface area contributed by atoms with Crippen LogP contribution in [0, 0.1) is 6.92 Å².